The van der Waals surface area contributed by atoms with Crippen molar-refractivity contribution in [2.75, 3.05) is 11.9 Å². The van der Waals surface area contributed by atoms with E-state index < -0.39 is 52.9 Å². The number of carbonyl (C=O) groups excluding carboxylic acids is 2. The highest BCUT2D eigenvalue weighted by Gasteiger charge is 2.33. The van der Waals surface area contributed by atoms with E-state index in [9.17, 15) is 31.5 Å². The van der Waals surface area contributed by atoms with Crippen molar-refractivity contribution in [3.05, 3.63) is 51.2 Å². The maximum atomic E-state index is 13.8. The molecule has 0 saturated heterocycles. The Morgan fingerprint density at radius 1 is 1.07 bits per heavy atom. The molecule has 0 radical (unpaired) electrons. The van der Waals surface area contributed by atoms with Crippen LogP contribution in [0.2, 0.25) is 0 Å². The lowest BCUT2D eigenvalue weighted by atomic mass is 10.1. The van der Waals surface area contributed by atoms with E-state index in [0.717, 1.165) is 24.2 Å². The minimum atomic E-state index is -2.30. The van der Waals surface area contributed by atoms with Gasteiger partial charge in [-0.15, -0.1) is 11.3 Å². The Balaban J connectivity index is 1.86. The van der Waals surface area contributed by atoms with Crippen molar-refractivity contribution in [2.24, 2.45) is 0 Å². The van der Waals surface area contributed by atoms with Crippen molar-refractivity contribution >= 4 is 28.2 Å². The summed E-state index contributed by atoms with van der Waals surface area (Å²) >= 11 is 1.03. The molecule has 28 heavy (non-hydrogen) atoms. The summed E-state index contributed by atoms with van der Waals surface area (Å²) in [4.78, 5) is 24.4. The van der Waals surface area contributed by atoms with Crippen molar-refractivity contribution in [3.8, 4) is 0 Å². The first-order valence-corrected chi connectivity index (χ1v) is 9.22. The third-order valence-electron chi connectivity index (χ3n) is 4.21. The van der Waals surface area contributed by atoms with Crippen LogP contribution in [0.1, 0.15) is 47.2 Å². The molecule has 10 heteroatoms. The molecule has 0 bridgehead atoms. The molecule has 0 spiro atoms. The average Bonchev–Trinajstić information content (AvgIpc) is 3.43. The number of nitrogens with one attached hydrogen (secondary N) is 1. The van der Waals surface area contributed by atoms with Crippen LogP contribution < -0.4 is 5.32 Å². The number of rotatable bonds is 6. The van der Waals surface area contributed by atoms with Crippen LogP contribution in [0.3, 0.4) is 0 Å². The second-order valence-corrected chi connectivity index (χ2v) is 7.04. The van der Waals surface area contributed by atoms with Gasteiger partial charge in [-0.2, -0.15) is 0 Å². The summed E-state index contributed by atoms with van der Waals surface area (Å²) < 4.78 is 72.2. The van der Waals surface area contributed by atoms with Crippen molar-refractivity contribution in [1.29, 1.82) is 0 Å². The monoisotopic (exact) mass is 419 g/mol. The molecule has 1 heterocycles. The van der Waals surface area contributed by atoms with Crippen LogP contribution in [-0.4, -0.2) is 18.5 Å². The van der Waals surface area contributed by atoms with E-state index in [1.54, 1.807) is 12.3 Å². The first-order chi connectivity index (χ1) is 13.3. The molecule has 1 N–H and O–H groups in total. The van der Waals surface area contributed by atoms with Gasteiger partial charge >= 0.3 is 5.97 Å². The van der Waals surface area contributed by atoms with Gasteiger partial charge in [0.2, 0.25) is 11.7 Å². The maximum absolute atomic E-state index is 13.8. The fraction of sp³-hybridized carbons (Fsp3) is 0.333. The summed E-state index contributed by atoms with van der Waals surface area (Å²) in [6, 6.07) is 0. The van der Waals surface area contributed by atoms with Crippen molar-refractivity contribution in [3.63, 3.8) is 0 Å². The van der Waals surface area contributed by atoms with Gasteiger partial charge in [-0.25, -0.2) is 26.7 Å². The smallest absolute Gasteiger partial charge is 0.341 e. The molecule has 1 saturated carbocycles. The zero-order chi connectivity index (χ0) is 20.6. The normalized spacial score (nSPS) is 13.5. The maximum Gasteiger partial charge on any atom is 0.341 e. The van der Waals surface area contributed by atoms with Crippen LogP contribution in [0.15, 0.2) is 5.38 Å². The Bertz CT molecular complexity index is 926. The van der Waals surface area contributed by atoms with Crippen molar-refractivity contribution in [2.45, 2.75) is 32.1 Å². The zero-order valence-electron chi connectivity index (χ0n) is 14.5. The summed E-state index contributed by atoms with van der Waals surface area (Å²) in [5, 5.41) is 4.10. The molecule has 2 aromatic rings. The number of anilines is 1. The fourth-order valence-electron chi connectivity index (χ4n) is 2.71. The van der Waals surface area contributed by atoms with Gasteiger partial charge in [0.15, 0.2) is 23.3 Å². The number of esters is 1. The molecule has 1 aromatic heterocycles. The molecule has 1 aromatic carbocycles. The van der Waals surface area contributed by atoms with Crippen LogP contribution in [0.4, 0.5) is 27.0 Å². The first-order valence-electron chi connectivity index (χ1n) is 8.34. The van der Waals surface area contributed by atoms with Crippen molar-refractivity contribution < 1.29 is 36.3 Å². The summed E-state index contributed by atoms with van der Waals surface area (Å²) in [6.07, 6.45) is 0.660. The Labute approximate surface area is 160 Å². The highest BCUT2D eigenvalue weighted by molar-refractivity contribution is 7.15. The van der Waals surface area contributed by atoms with E-state index in [0.29, 0.717) is 5.56 Å². The van der Waals surface area contributed by atoms with E-state index >= 15 is 0 Å². The number of thiophene rings is 1. The molecule has 1 amide bonds. The van der Waals surface area contributed by atoms with Crippen LogP contribution in [-0.2, 0) is 16.0 Å². The SMILES string of the molecule is CCOC(=O)c1c(C2CC2)csc1NC(=O)Cc1c(F)c(F)c(F)c(F)c1F. The number of halogens is 5. The Hall–Kier alpha value is -2.49. The van der Waals surface area contributed by atoms with Gasteiger partial charge in [0.1, 0.15) is 5.00 Å². The van der Waals surface area contributed by atoms with E-state index in [4.69, 9.17) is 4.74 Å². The highest BCUT2D eigenvalue weighted by Crippen LogP contribution is 2.46. The second kappa shape index (κ2) is 7.86. The van der Waals surface area contributed by atoms with E-state index in [1.165, 1.54) is 0 Å². The lowest BCUT2D eigenvalue weighted by molar-refractivity contribution is -0.115. The summed E-state index contributed by atoms with van der Waals surface area (Å²) in [5.74, 6) is -12.2. The molecule has 1 aliphatic rings. The molecule has 0 unspecified atom stereocenters. The van der Waals surface area contributed by atoms with Crippen LogP contribution in [0, 0.1) is 29.1 Å². The molecule has 3 rings (SSSR count). The summed E-state index contributed by atoms with van der Waals surface area (Å²) in [7, 11) is 0. The van der Waals surface area contributed by atoms with Crippen LogP contribution in [0.5, 0.6) is 0 Å². The number of carbonyl (C=O) groups is 2. The van der Waals surface area contributed by atoms with Gasteiger partial charge in [0.25, 0.3) is 0 Å². The minimum Gasteiger partial charge on any atom is -0.462 e. The Morgan fingerprint density at radius 2 is 1.64 bits per heavy atom. The molecule has 1 fully saturated rings. The molecule has 1 aliphatic carbocycles. The molecular formula is C18H14F5NO3S. The zero-order valence-corrected chi connectivity index (χ0v) is 15.3. The van der Waals surface area contributed by atoms with Gasteiger partial charge < -0.3 is 10.1 Å². The van der Waals surface area contributed by atoms with Crippen molar-refractivity contribution in [1.82, 2.24) is 0 Å². The topological polar surface area (TPSA) is 55.4 Å². The third-order valence-corrected chi connectivity index (χ3v) is 5.12. The predicted molar refractivity (Wildman–Crippen MR) is 90.8 cm³/mol. The van der Waals surface area contributed by atoms with Gasteiger partial charge in [-0.05, 0) is 36.6 Å². The Morgan fingerprint density at radius 3 is 2.18 bits per heavy atom. The molecule has 4 nitrogen and oxygen atoms in total. The summed E-state index contributed by atoms with van der Waals surface area (Å²) in [5.41, 5.74) is -0.388. The van der Waals surface area contributed by atoms with Gasteiger partial charge in [-0.1, -0.05) is 0 Å². The molecular weight excluding hydrogens is 405 g/mol. The second-order valence-electron chi connectivity index (χ2n) is 6.16. The predicted octanol–water partition coefficient (Wildman–Crippen LogP) is 4.68. The standard InChI is InChI=1S/C18H14F5NO3S/c1-2-27-18(26)11-9(7-3-4-7)6-28-17(11)24-10(25)5-8-12(19)14(21)16(23)15(22)13(8)20/h6-7H,2-5H2,1H3,(H,24,25). The van der Waals surface area contributed by atoms with Gasteiger partial charge in [0, 0.05) is 5.56 Å². The lowest BCUT2D eigenvalue weighted by Crippen LogP contribution is -2.19. The third kappa shape index (κ3) is 3.73. The average molecular weight is 419 g/mol. The lowest BCUT2D eigenvalue weighted by Gasteiger charge is -2.10. The fourth-order valence-corrected chi connectivity index (χ4v) is 3.76. The summed E-state index contributed by atoms with van der Waals surface area (Å²) in [6.45, 7) is 1.72. The quantitative estimate of drug-likeness (QED) is 0.320. The number of hydrogen-bond acceptors (Lipinski definition) is 4. The largest absolute Gasteiger partial charge is 0.462 e. The van der Waals surface area contributed by atoms with Crippen LogP contribution in [0.25, 0.3) is 0 Å². The molecule has 0 aliphatic heterocycles. The van der Waals surface area contributed by atoms with E-state index in [-0.39, 0.29) is 23.1 Å². The van der Waals surface area contributed by atoms with Gasteiger partial charge in [0.05, 0.1) is 18.6 Å². The number of benzene rings is 1. The number of hydrogen-bond donors (Lipinski definition) is 1. The Kier molecular flexibility index (Phi) is 5.69. The van der Waals surface area contributed by atoms with Crippen LogP contribution >= 0.6 is 11.3 Å². The number of amides is 1. The molecule has 0 atom stereocenters. The van der Waals surface area contributed by atoms with E-state index in [2.05, 4.69) is 5.32 Å². The minimum absolute atomic E-state index is 0.106. The first kappa shape index (κ1) is 20.2. The number of ether oxygens (including phenoxy) is 1. The molecule has 150 valence electrons. The highest BCUT2D eigenvalue weighted by atomic mass is 32.1. The van der Waals surface area contributed by atoms with E-state index in [1.807, 2.05) is 0 Å². The van der Waals surface area contributed by atoms with Gasteiger partial charge in [-0.3, -0.25) is 4.79 Å².